The molecule has 0 unspecified atom stereocenters. The van der Waals surface area contributed by atoms with E-state index in [2.05, 4.69) is 6.92 Å². The van der Waals surface area contributed by atoms with Gasteiger partial charge in [0.25, 0.3) is 0 Å². The second-order valence-electron chi connectivity index (χ2n) is 4.84. The van der Waals surface area contributed by atoms with E-state index in [4.69, 9.17) is 9.47 Å². The SMILES string of the molecule is [CH2]CCCCCCCCCCCOCCOCC. The van der Waals surface area contributed by atoms with Crippen LogP contribution in [0.1, 0.15) is 71.1 Å². The molecule has 109 valence electrons. The molecule has 0 aliphatic carbocycles. The van der Waals surface area contributed by atoms with Crippen molar-refractivity contribution in [2.75, 3.05) is 26.4 Å². The summed E-state index contributed by atoms with van der Waals surface area (Å²) in [5, 5.41) is 0. The quantitative estimate of drug-likeness (QED) is 0.393. The van der Waals surface area contributed by atoms with E-state index in [1.165, 1.54) is 57.8 Å². The van der Waals surface area contributed by atoms with Gasteiger partial charge in [0.2, 0.25) is 0 Å². The van der Waals surface area contributed by atoms with Crippen molar-refractivity contribution >= 4 is 0 Å². The van der Waals surface area contributed by atoms with E-state index < -0.39 is 0 Å². The molecule has 0 spiro atoms. The molecule has 0 aromatic heterocycles. The van der Waals surface area contributed by atoms with Gasteiger partial charge < -0.3 is 9.47 Å². The lowest BCUT2D eigenvalue weighted by molar-refractivity contribution is 0.0512. The van der Waals surface area contributed by atoms with Gasteiger partial charge in [0.1, 0.15) is 0 Å². The molecule has 0 N–H and O–H groups in total. The van der Waals surface area contributed by atoms with E-state index in [1.807, 2.05) is 6.92 Å². The normalized spacial score (nSPS) is 11.0. The van der Waals surface area contributed by atoms with Gasteiger partial charge in [0, 0.05) is 13.2 Å². The molecule has 0 bridgehead atoms. The summed E-state index contributed by atoms with van der Waals surface area (Å²) in [5.41, 5.74) is 0. The lowest BCUT2D eigenvalue weighted by atomic mass is 10.1. The zero-order valence-electron chi connectivity index (χ0n) is 12.4. The summed E-state index contributed by atoms with van der Waals surface area (Å²) in [5.74, 6) is 0. The van der Waals surface area contributed by atoms with Gasteiger partial charge in [-0.25, -0.2) is 0 Å². The standard InChI is InChI=1S/C16H33O2/c1-3-5-6-7-8-9-10-11-12-13-14-18-16-15-17-4-2/h1,3-16H2,2H3. The highest BCUT2D eigenvalue weighted by molar-refractivity contribution is 4.48. The van der Waals surface area contributed by atoms with Crippen LogP contribution in [0.25, 0.3) is 0 Å². The predicted molar refractivity (Wildman–Crippen MR) is 78.8 cm³/mol. The van der Waals surface area contributed by atoms with Crippen molar-refractivity contribution < 1.29 is 9.47 Å². The highest BCUT2D eigenvalue weighted by Gasteiger charge is 1.93. The average Bonchev–Trinajstić information content (AvgIpc) is 2.39. The Bertz CT molecular complexity index is 121. The van der Waals surface area contributed by atoms with Crippen molar-refractivity contribution in [2.45, 2.75) is 71.1 Å². The van der Waals surface area contributed by atoms with Crippen LogP contribution in [0.15, 0.2) is 0 Å². The topological polar surface area (TPSA) is 18.5 Å². The lowest BCUT2D eigenvalue weighted by Gasteiger charge is -2.04. The summed E-state index contributed by atoms with van der Waals surface area (Å²) in [6.07, 6.45) is 13.3. The van der Waals surface area contributed by atoms with Crippen molar-refractivity contribution in [3.8, 4) is 0 Å². The van der Waals surface area contributed by atoms with Gasteiger partial charge >= 0.3 is 0 Å². The van der Waals surface area contributed by atoms with Crippen molar-refractivity contribution in [2.24, 2.45) is 0 Å². The molecule has 0 atom stereocenters. The molecule has 0 saturated carbocycles. The molecular formula is C16H33O2. The van der Waals surface area contributed by atoms with E-state index in [1.54, 1.807) is 0 Å². The van der Waals surface area contributed by atoms with Crippen LogP contribution in [0, 0.1) is 6.92 Å². The molecule has 0 amide bonds. The fraction of sp³-hybridized carbons (Fsp3) is 0.938. The van der Waals surface area contributed by atoms with E-state index in [-0.39, 0.29) is 0 Å². The van der Waals surface area contributed by atoms with Crippen molar-refractivity contribution in [3.05, 3.63) is 6.92 Å². The summed E-state index contributed by atoms with van der Waals surface area (Å²) in [6, 6.07) is 0. The second kappa shape index (κ2) is 16.9. The molecular weight excluding hydrogens is 224 g/mol. The van der Waals surface area contributed by atoms with E-state index >= 15 is 0 Å². The van der Waals surface area contributed by atoms with Gasteiger partial charge in [-0.15, -0.1) is 0 Å². The Hall–Kier alpha value is -0.0800. The summed E-state index contributed by atoms with van der Waals surface area (Å²) in [4.78, 5) is 0. The molecule has 1 radical (unpaired) electrons. The zero-order chi connectivity index (χ0) is 13.3. The molecule has 0 aromatic rings. The Labute approximate surface area is 114 Å². The van der Waals surface area contributed by atoms with Crippen LogP contribution >= 0.6 is 0 Å². The zero-order valence-corrected chi connectivity index (χ0v) is 12.4. The van der Waals surface area contributed by atoms with E-state index in [0.29, 0.717) is 0 Å². The first-order chi connectivity index (χ1) is 8.91. The molecule has 0 aliphatic heterocycles. The predicted octanol–water partition coefficient (Wildman–Crippen LogP) is 4.77. The van der Waals surface area contributed by atoms with Crippen LogP contribution in [0.5, 0.6) is 0 Å². The molecule has 0 saturated heterocycles. The van der Waals surface area contributed by atoms with Gasteiger partial charge in [0.05, 0.1) is 13.2 Å². The third-order valence-electron chi connectivity index (χ3n) is 3.11. The van der Waals surface area contributed by atoms with Crippen LogP contribution in [0.2, 0.25) is 0 Å². The average molecular weight is 257 g/mol. The van der Waals surface area contributed by atoms with Crippen LogP contribution in [-0.4, -0.2) is 26.4 Å². The first kappa shape index (κ1) is 17.9. The maximum Gasteiger partial charge on any atom is 0.0700 e. The summed E-state index contributed by atoms with van der Waals surface area (Å²) >= 11 is 0. The Kier molecular flexibility index (Phi) is 16.8. The first-order valence-corrected chi connectivity index (χ1v) is 7.86. The third-order valence-corrected chi connectivity index (χ3v) is 3.11. The molecule has 2 heteroatoms. The molecule has 0 aliphatic rings. The van der Waals surface area contributed by atoms with Crippen LogP contribution < -0.4 is 0 Å². The van der Waals surface area contributed by atoms with Crippen LogP contribution in [0.3, 0.4) is 0 Å². The number of rotatable bonds is 15. The highest BCUT2D eigenvalue weighted by atomic mass is 16.5. The smallest absolute Gasteiger partial charge is 0.0700 e. The number of hydrogen-bond acceptors (Lipinski definition) is 2. The number of hydrogen-bond donors (Lipinski definition) is 0. The lowest BCUT2D eigenvalue weighted by Crippen LogP contribution is -2.04. The monoisotopic (exact) mass is 257 g/mol. The Balaban J connectivity index is 2.86. The maximum absolute atomic E-state index is 5.48. The number of unbranched alkanes of at least 4 members (excludes halogenated alkanes) is 9. The van der Waals surface area contributed by atoms with Crippen LogP contribution in [0.4, 0.5) is 0 Å². The Morgan fingerprint density at radius 3 is 1.67 bits per heavy atom. The van der Waals surface area contributed by atoms with Gasteiger partial charge in [-0.05, 0) is 13.3 Å². The maximum atomic E-state index is 5.48. The minimum atomic E-state index is 0.740. The summed E-state index contributed by atoms with van der Waals surface area (Å²) in [6.45, 7) is 9.06. The molecule has 2 nitrogen and oxygen atoms in total. The fourth-order valence-electron chi connectivity index (χ4n) is 1.98. The van der Waals surface area contributed by atoms with E-state index in [9.17, 15) is 0 Å². The molecule has 0 rings (SSSR count). The first-order valence-electron chi connectivity index (χ1n) is 7.86. The van der Waals surface area contributed by atoms with Gasteiger partial charge in [-0.1, -0.05) is 64.7 Å². The van der Waals surface area contributed by atoms with Crippen LogP contribution in [-0.2, 0) is 9.47 Å². The minimum Gasteiger partial charge on any atom is -0.379 e. The minimum absolute atomic E-state index is 0.740. The van der Waals surface area contributed by atoms with E-state index in [0.717, 1.165) is 32.8 Å². The van der Waals surface area contributed by atoms with Gasteiger partial charge in [-0.2, -0.15) is 0 Å². The molecule has 18 heavy (non-hydrogen) atoms. The summed E-state index contributed by atoms with van der Waals surface area (Å²) in [7, 11) is 0. The van der Waals surface area contributed by atoms with Gasteiger partial charge in [0.15, 0.2) is 0 Å². The fourth-order valence-corrected chi connectivity index (χ4v) is 1.98. The molecule has 0 fully saturated rings. The highest BCUT2D eigenvalue weighted by Crippen LogP contribution is 2.10. The summed E-state index contributed by atoms with van der Waals surface area (Å²) < 4.78 is 10.7. The molecule has 0 aromatic carbocycles. The second-order valence-corrected chi connectivity index (χ2v) is 4.84. The van der Waals surface area contributed by atoms with Crippen molar-refractivity contribution in [1.29, 1.82) is 0 Å². The third kappa shape index (κ3) is 15.9. The largest absolute Gasteiger partial charge is 0.379 e. The van der Waals surface area contributed by atoms with Gasteiger partial charge in [-0.3, -0.25) is 0 Å². The Morgan fingerprint density at radius 2 is 1.11 bits per heavy atom. The Morgan fingerprint density at radius 1 is 0.611 bits per heavy atom. The molecule has 0 heterocycles. The number of ether oxygens (including phenoxy) is 2. The van der Waals surface area contributed by atoms with Crippen molar-refractivity contribution in [3.63, 3.8) is 0 Å². The van der Waals surface area contributed by atoms with Crippen molar-refractivity contribution in [1.82, 2.24) is 0 Å².